The maximum Gasteiger partial charge on any atom is 0.407 e. The van der Waals surface area contributed by atoms with Crippen LogP contribution in [0.5, 0.6) is 0 Å². The van der Waals surface area contributed by atoms with Crippen molar-refractivity contribution in [1.82, 2.24) is 4.90 Å². The minimum absolute atomic E-state index is 0.0190. The Morgan fingerprint density at radius 1 is 1.69 bits per heavy atom. The summed E-state index contributed by atoms with van der Waals surface area (Å²) in [7, 11) is 0. The van der Waals surface area contributed by atoms with Gasteiger partial charge in [0, 0.05) is 19.1 Å². The second-order valence-electron chi connectivity index (χ2n) is 4.50. The van der Waals surface area contributed by atoms with Crippen molar-refractivity contribution in [3.63, 3.8) is 0 Å². The van der Waals surface area contributed by atoms with Crippen LogP contribution in [0, 0.1) is 5.41 Å². The third kappa shape index (κ3) is 2.34. The second kappa shape index (κ2) is 3.54. The predicted octanol–water partition coefficient (Wildman–Crippen LogP) is 1.11. The van der Waals surface area contributed by atoms with Crippen LogP contribution in [-0.4, -0.2) is 35.2 Å². The molecule has 0 aliphatic carbocycles. The van der Waals surface area contributed by atoms with Crippen molar-refractivity contribution in [3.05, 3.63) is 0 Å². The summed E-state index contributed by atoms with van der Waals surface area (Å²) in [6.07, 6.45) is 1.09. The number of piperidine rings is 1. The van der Waals surface area contributed by atoms with E-state index < -0.39 is 6.09 Å². The first-order valence-corrected chi connectivity index (χ1v) is 4.66. The van der Waals surface area contributed by atoms with Crippen LogP contribution in [0.4, 0.5) is 4.79 Å². The van der Waals surface area contributed by atoms with Crippen molar-refractivity contribution >= 4 is 6.09 Å². The number of amides is 1. The quantitative estimate of drug-likeness (QED) is 0.644. The van der Waals surface area contributed by atoms with Gasteiger partial charge < -0.3 is 15.7 Å². The van der Waals surface area contributed by atoms with E-state index in [1.807, 2.05) is 0 Å². The van der Waals surface area contributed by atoms with Gasteiger partial charge in [-0.05, 0) is 18.3 Å². The predicted molar refractivity (Wildman–Crippen MR) is 50.6 cm³/mol. The monoisotopic (exact) mass is 186 g/mol. The molecule has 1 unspecified atom stereocenters. The summed E-state index contributed by atoms with van der Waals surface area (Å²) in [6, 6.07) is 0.0190. The highest BCUT2D eigenvalue weighted by Crippen LogP contribution is 2.31. The Labute approximate surface area is 78.7 Å². The molecule has 3 N–H and O–H groups in total. The van der Waals surface area contributed by atoms with Crippen LogP contribution in [0.3, 0.4) is 0 Å². The molecule has 4 nitrogen and oxygen atoms in total. The Kier molecular flexibility index (Phi) is 2.81. The minimum Gasteiger partial charge on any atom is -0.465 e. The van der Waals surface area contributed by atoms with Crippen molar-refractivity contribution in [2.45, 2.75) is 32.7 Å². The molecule has 0 radical (unpaired) electrons. The molecule has 0 aromatic carbocycles. The average Bonchev–Trinajstić information content (AvgIpc) is 2.03. The van der Waals surface area contributed by atoms with E-state index in [0.717, 1.165) is 12.8 Å². The Balaban J connectivity index is 2.69. The number of carboxylic acid groups (broad SMARTS) is 1. The van der Waals surface area contributed by atoms with Crippen LogP contribution in [0.1, 0.15) is 26.7 Å². The molecule has 1 fully saturated rings. The van der Waals surface area contributed by atoms with Gasteiger partial charge in [-0.25, -0.2) is 4.79 Å². The van der Waals surface area contributed by atoms with Crippen molar-refractivity contribution in [2.75, 3.05) is 13.1 Å². The number of hydrogen-bond donors (Lipinski definition) is 2. The molecule has 1 atom stereocenters. The molecule has 0 bridgehead atoms. The van der Waals surface area contributed by atoms with Crippen LogP contribution in [0.15, 0.2) is 0 Å². The summed E-state index contributed by atoms with van der Waals surface area (Å²) in [5, 5.41) is 8.94. The summed E-state index contributed by atoms with van der Waals surface area (Å²) < 4.78 is 0. The first kappa shape index (κ1) is 10.3. The zero-order valence-corrected chi connectivity index (χ0v) is 8.29. The van der Waals surface area contributed by atoms with Crippen LogP contribution in [0.2, 0.25) is 0 Å². The lowest BCUT2D eigenvalue weighted by Gasteiger charge is -2.41. The Hall–Kier alpha value is -0.770. The number of nitrogens with zero attached hydrogens (tertiary/aromatic N) is 1. The molecule has 0 aromatic rings. The molecule has 0 spiro atoms. The van der Waals surface area contributed by atoms with Gasteiger partial charge in [-0.15, -0.1) is 0 Å². The average molecular weight is 186 g/mol. The van der Waals surface area contributed by atoms with Crippen LogP contribution >= 0.6 is 0 Å². The normalized spacial score (nSPS) is 27.3. The zero-order valence-electron chi connectivity index (χ0n) is 8.29. The standard InChI is InChI=1S/C9H18N2O2/c1-9(2)4-3-7(5-10)11(6-9)8(12)13/h7H,3-6,10H2,1-2H3,(H,12,13). The Morgan fingerprint density at radius 2 is 2.31 bits per heavy atom. The number of rotatable bonds is 1. The zero-order chi connectivity index (χ0) is 10.1. The van der Waals surface area contributed by atoms with E-state index in [2.05, 4.69) is 13.8 Å². The van der Waals surface area contributed by atoms with Gasteiger partial charge in [-0.2, -0.15) is 0 Å². The van der Waals surface area contributed by atoms with E-state index in [1.54, 1.807) is 0 Å². The van der Waals surface area contributed by atoms with E-state index in [4.69, 9.17) is 10.8 Å². The molecule has 1 heterocycles. The highest BCUT2D eigenvalue weighted by Gasteiger charge is 2.34. The highest BCUT2D eigenvalue weighted by molar-refractivity contribution is 5.65. The molecule has 1 aliphatic rings. The van der Waals surface area contributed by atoms with Gasteiger partial charge in [-0.3, -0.25) is 0 Å². The Bertz CT molecular complexity index is 204. The summed E-state index contributed by atoms with van der Waals surface area (Å²) in [5.74, 6) is 0. The number of carbonyl (C=O) groups is 1. The smallest absolute Gasteiger partial charge is 0.407 e. The van der Waals surface area contributed by atoms with Gasteiger partial charge >= 0.3 is 6.09 Å². The fourth-order valence-electron chi connectivity index (χ4n) is 1.85. The Morgan fingerprint density at radius 3 is 2.77 bits per heavy atom. The lowest BCUT2D eigenvalue weighted by atomic mass is 9.81. The van der Waals surface area contributed by atoms with Crippen LogP contribution in [-0.2, 0) is 0 Å². The van der Waals surface area contributed by atoms with E-state index >= 15 is 0 Å². The van der Waals surface area contributed by atoms with E-state index in [9.17, 15) is 4.79 Å². The largest absolute Gasteiger partial charge is 0.465 e. The summed E-state index contributed by atoms with van der Waals surface area (Å²) in [4.78, 5) is 12.4. The van der Waals surface area contributed by atoms with Gasteiger partial charge in [0.25, 0.3) is 0 Å². The van der Waals surface area contributed by atoms with E-state index in [1.165, 1.54) is 4.90 Å². The third-order valence-corrected chi connectivity index (χ3v) is 2.71. The van der Waals surface area contributed by atoms with Gasteiger partial charge in [-0.1, -0.05) is 13.8 Å². The van der Waals surface area contributed by atoms with Crippen molar-refractivity contribution in [2.24, 2.45) is 11.1 Å². The molecule has 1 rings (SSSR count). The molecule has 76 valence electrons. The molecule has 0 aromatic heterocycles. The topological polar surface area (TPSA) is 66.6 Å². The molecule has 13 heavy (non-hydrogen) atoms. The van der Waals surface area contributed by atoms with Crippen molar-refractivity contribution in [3.8, 4) is 0 Å². The lowest BCUT2D eigenvalue weighted by Crippen LogP contribution is -2.52. The molecular weight excluding hydrogens is 168 g/mol. The van der Waals surface area contributed by atoms with Crippen LogP contribution < -0.4 is 5.73 Å². The highest BCUT2D eigenvalue weighted by atomic mass is 16.4. The summed E-state index contributed by atoms with van der Waals surface area (Å²) in [5.41, 5.74) is 5.62. The van der Waals surface area contributed by atoms with Crippen LogP contribution in [0.25, 0.3) is 0 Å². The van der Waals surface area contributed by atoms with Gasteiger partial charge in [0.2, 0.25) is 0 Å². The van der Waals surface area contributed by atoms with Gasteiger partial charge in [0.05, 0.1) is 0 Å². The molecule has 4 heteroatoms. The van der Waals surface area contributed by atoms with E-state index in [0.29, 0.717) is 13.1 Å². The maximum atomic E-state index is 10.9. The first-order valence-electron chi connectivity index (χ1n) is 4.66. The first-order chi connectivity index (χ1) is 5.96. The number of nitrogens with two attached hydrogens (primary N) is 1. The molecule has 1 saturated heterocycles. The number of likely N-dealkylation sites (tertiary alicyclic amines) is 1. The summed E-state index contributed by atoms with van der Waals surface area (Å²) in [6.45, 7) is 5.22. The second-order valence-corrected chi connectivity index (χ2v) is 4.50. The SMILES string of the molecule is CC1(C)CCC(CN)N(C(=O)O)C1. The third-order valence-electron chi connectivity index (χ3n) is 2.71. The molecular formula is C9H18N2O2. The maximum absolute atomic E-state index is 10.9. The van der Waals surface area contributed by atoms with Crippen molar-refractivity contribution < 1.29 is 9.90 Å². The molecule has 1 aliphatic heterocycles. The fraction of sp³-hybridized carbons (Fsp3) is 0.889. The minimum atomic E-state index is -0.844. The van der Waals surface area contributed by atoms with Gasteiger partial charge in [0.15, 0.2) is 0 Å². The number of hydrogen-bond acceptors (Lipinski definition) is 2. The van der Waals surface area contributed by atoms with Gasteiger partial charge in [0.1, 0.15) is 0 Å². The lowest BCUT2D eigenvalue weighted by molar-refractivity contribution is 0.0617. The molecule has 1 amide bonds. The fourth-order valence-corrected chi connectivity index (χ4v) is 1.85. The van der Waals surface area contributed by atoms with Crippen molar-refractivity contribution in [1.29, 1.82) is 0 Å². The molecule has 0 saturated carbocycles. The van der Waals surface area contributed by atoms with E-state index in [-0.39, 0.29) is 11.5 Å². The summed E-state index contributed by atoms with van der Waals surface area (Å²) >= 11 is 0.